The molecule has 0 saturated heterocycles. The summed E-state index contributed by atoms with van der Waals surface area (Å²) >= 11 is 1.46. The Labute approximate surface area is 241 Å². The SMILES string of the molecule is O=c1c2sc3ccccc3c2nc(Nc2ccccc2)n1N=P(c1ccccc1)(c1ccccc1)c1ccccc1. The molecule has 198 valence electrons. The van der Waals surface area contributed by atoms with Gasteiger partial charge >= 0.3 is 0 Å². The monoisotopic (exact) mass is 568 g/mol. The normalized spacial score (nSPS) is 11.5. The summed E-state index contributed by atoms with van der Waals surface area (Å²) in [6, 6.07) is 48.7. The second-order valence-corrected chi connectivity index (χ2v) is 13.6. The van der Waals surface area contributed by atoms with E-state index >= 15 is 0 Å². The molecule has 7 aromatic rings. The molecule has 7 heteroatoms. The maximum atomic E-state index is 14.5. The average Bonchev–Trinajstić information content (AvgIpc) is 3.42. The second kappa shape index (κ2) is 10.7. The smallest absolute Gasteiger partial charge is 0.293 e. The van der Waals surface area contributed by atoms with Gasteiger partial charge in [-0.2, -0.15) is 9.53 Å². The molecule has 41 heavy (non-hydrogen) atoms. The molecule has 0 fully saturated rings. The molecule has 0 spiro atoms. The summed E-state index contributed by atoms with van der Waals surface area (Å²) in [7, 11) is -2.73. The van der Waals surface area contributed by atoms with E-state index in [1.807, 2.05) is 109 Å². The summed E-state index contributed by atoms with van der Waals surface area (Å²) in [4.78, 5) is 25.1. The highest BCUT2D eigenvalue weighted by Gasteiger charge is 2.29. The predicted octanol–water partition coefficient (Wildman–Crippen LogP) is 7.30. The first-order chi connectivity index (χ1) is 20.2. The molecule has 7 rings (SSSR count). The lowest BCUT2D eigenvalue weighted by molar-refractivity contribution is 0.841. The van der Waals surface area contributed by atoms with Gasteiger partial charge < -0.3 is 5.32 Å². The molecular formula is C34H25N4OPS. The fraction of sp³-hybridized carbons (Fsp3) is 0. The van der Waals surface area contributed by atoms with E-state index in [2.05, 4.69) is 41.7 Å². The standard InChI is InChI=1S/C34H25N4OPS/c39-33-32-31(29-23-13-14-24-30(29)41-32)36-34(35-25-15-5-1-6-16-25)38(33)37-40(26-17-7-2-8-18-26,27-19-9-3-10-20-27)28-21-11-4-12-22-28/h1-24H,(H,35,36). The number of benzene rings is 5. The zero-order valence-electron chi connectivity index (χ0n) is 22.0. The van der Waals surface area contributed by atoms with E-state index in [1.54, 1.807) is 0 Å². The summed E-state index contributed by atoms with van der Waals surface area (Å²) in [6.45, 7) is 0. The summed E-state index contributed by atoms with van der Waals surface area (Å²) in [5, 5.41) is 7.52. The van der Waals surface area contributed by atoms with Gasteiger partial charge in [0.25, 0.3) is 5.56 Å². The zero-order chi connectivity index (χ0) is 27.6. The van der Waals surface area contributed by atoms with Crippen LogP contribution in [0.15, 0.2) is 155 Å². The number of hydrogen-bond acceptors (Lipinski definition) is 5. The van der Waals surface area contributed by atoms with Crippen LogP contribution in [-0.2, 0) is 0 Å². The van der Waals surface area contributed by atoms with Crippen LogP contribution in [0.2, 0.25) is 0 Å². The first-order valence-electron chi connectivity index (χ1n) is 13.3. The highest BCUT2D eigenvalue weighted by atomic mass is 32.1. The van der Waals surface area contributed by atoms with Crippen molar-refractivity contribution in [3.8, 4) is 0 Å². The van der Waals surface area contributed by atoms with Crippen LogP contribution in [0.1, 0.15) is 0 Å². The van der Waals surface area contributed by atoms with E-state index in [0.29, 0.717) is 16.2 Å². The number of anilines is 2. The van der Waals surface area contributed by atoms with E-state index in [4.69, 9.17) is 9.84 Å². The summed E-state index contributed by atoms with van der Waals surface area (Å²) in [5.41, 5.74) is 1.32. The van der Waals surface area contributed by atoms with Crippen molar-refractivity contribution < 1.29 is 0 Å². The Bertz CT molecular complexity index is 1990. The van der Waals surface area contributed by atoms with Crippen LogP contribution >= 0.6 is 18.4 Å². The molecule has 5 nitrogen and oxygen atoms in total. The number of fused-ring (bicyclic) bond motifs is 3. The minimum Gasteiger partial charge on any atom is -0.324 e. The van der Waals surface area contributed by atoms with Crippen molar-refractivity contribution in [3.63, 3.8) is 0 Å². The third kappa shape index (κ3) is 4.48. The van der Waals surface area contributed by atoms with E-state index in [9.17, 15) is 4.79 Å². The van der Waals surface area contributed by atoms with Crippen molar-refractivity contribution in [3.05, 3.63) is 156 Å². The number of rotatable bonds is 6. The highest BCUT2D eigenvalue weighted by Crippen LogP contribution is 2.47. The lowest BCUT2D eigenvalue weighted by Gasteiger charge is -2.27. The molecule has 0 radical (unpaired) electrons. The quantitative estimate of drug-likeness (QED) is 0.214. The lowest BCUT2D eigenvalue weighted by atomic mass is 10.2. The third-order valence-electron chi connectivity index (χ3n) is 7.02. The highest BCUT2D eigenvalue weighted by molar-refractivity contribution is 7.87. The van der Waals surface area contributed by atoms with Crippen molar-refractivity contribution in [2.24, 2.45) is 4.85 Å². The number of aromatic nitrogens is 2. The van der Waals surface area contributed by atoms with Crippen molar-refractivity contribution in [2.75, 3.05) is 5.32 Å². The Morgan fingerprint density at radius 1 is 0.634 bits per heavy atom. The predicted molar refractivity (Wildman–Crippen MR) is 174 cm³/mol. The average molecular weight is 569 g/mol. The maximum absolute atomic E-state index is 14.5. The Morgan fingerprint density at radius 3 is 1.68 bits per heavy atom. The van der Waals surface area contributed by atoms with Crippen LogP contribution in [0.5, 0.6) is 0 Å². The van der Waals surface area contributed by atoms with Gasteiger partial charge in [-0.05, 0) is 18.2 Å². The van der Waals surface area contributed by atoms with Gasteiger partial charge in [-0.15, -0.1) is 11.3 Å². The van der Waals surface area contributed by atoms with Gasteiger partial charge in [0, 0.05) is 31.7 Å². The Hall–Kier alpha value is -4.77. The molecule has 0 bridgehead atoms. The van der Waals surface area contributed by atoms with Crippen LogP contribution in [0.3, 0.4) is 0 Å². The minimum absolute atomic E-state index is 0.193. The number of nitrogens with zero attached hydrogens (tertiary/aromatic N) is 3. The second-order valence-electron chi connectivity index (χ2n) is 9.55. The van der Waals surface area contributed by atoms with Gasteiger partial charge in [0.15, 0.2) is 0 Å². The maximum Gasteiger partial charge on any atom is 0.293 e. The van der Waals surface area contributed by atoms with Crippen molar-refractivity contribution in [1.82, 2.24) is 9.66 Å². The molecule has 0 aliphatic heterocycles. The van der Waals surface area contributed by atoms with Gasteiger partial charge in [0.2, 0.25) is 5.95 Å². The molecule has 0 amide bonds. The number of hydrogen-bond donors (Lipinski definition) is 1. The molecule has 2 aromatic heterocycles. The molecule has 0 aliphatic rings. The number of nitrogens with one attached hydrogen (secondary N) is 1. The lowest BCUT2D eigenvalue weighted by Crippen LogP contribution is -2.28. The van der Waals surface area contributed by atoms with Crippen molar-refractivity contribution in [1.29, 1.82) is 0 Å². The Kier molecular flexibility index (Phi) is 6.56. The number of thiophene rings is 1. The van der Waals surface area contributed by atoms with E-state index in [-0.39, 0.29) is 5.56 Å². The Morgan fingerprint density at radius 2 is 1.12 bits per heavy atom. The molecule has 1 N–H and O–H groups in total. The molecule has 2 heterocycles. The van der Waals surface area contributed by atoms with Gasteiger partial charge in [-0.3, -0.25) is 4.79 Å². The first kappa shape index (κ1) is 25.2. The molecule has 0 atom stereocenters. The fourth-order valence-corrected chi connectivity index (χ4v) is 9.63. The number of para-hydroxylation sites is 1. The first-order valence-corrected chi connectivity index (χ1v) is 15.9. The van der Waals surface area contributed by atoms with Crippen molar-refractivity contribution in [2.45, 2.75) is 0 Å². The van der Waals surface area contributed by atoms with Crippen LogP contribution in [0.25, 0.3) is 20.3 Å². The van der Waals surface area contributed by atoms with Gasteiger partial charge in [-0.1, -0.05) is 127 Å². The van der Waals surface area contributed by atoms with Gasteiger partial charge in [0.1, 0.15) is 4.70 Å². The molecule has 0 aliphatic carbocycles. The summed E-state index contributed by atoms with van der Waals surface area (Å²) in [5.74, 6) is 0.379. The molecular weight excluding hydrogens is 543 g/mol. The third-order valence-corrected chi connectivity index (χ3v) is 11.7. The van der Waals surface area contributed by atoms with Crippen LogP contribution in [0, 0.1) is 0 Å². The zero-order valence-corrected chi connectivity index (χ0v) is 23.7. The minimum atomic E-state index is -2.73. The van der Waals surface area contributed by atoms with Crippen molar-refractivity contribution >= 4 is 66.2 Å². The fourth-order valence-electron chi connectivity index (χ4n) is 5.12. The van der Waals surface area contributed by atoms with E-state index < -0.39 is 7.05 Å². The van der Waals surface area contributed by atoms with Gasteiger partial charge in [-0.25, -0.2) is 4.98 Å². The van der Waals surface area contributed by atoms with E-state index in [0.717, 1.165) is 31.7 Å². The van der Waals surface area contributed by atoms with E-state index in [1.165, 1.54) is 16.0 Å². The summed E-state index contributed by atoms with van der Waals surface area (Å²) < 4.78 is 3.11. The largest absolute Gasteiger partial charge is 0.324 e. The topological polar surface area (TPSA) is 59.3 Å². The van der Waals surface area contributed by atoms with Crippen LogP contribution < -0.4 is 26.8 Å². The molecule has 0 unspecified atom stereocenters. The van der Waals surface area contributed by atoms with Gasteiger partial charge in [0.05, 0.1) is 12.6 Å². The Balaban J connectivity index is 1.64. The van der Waals surface area contributed by atoms with Crippen LogP contribution in [-0.4, -0.2) is 9.66 Å². The van der Waals surface area contributed by atoms with Crippen LogP contribution in [0.4, 0.5) is 11.6 Å². The molecule has 0 saturated carbocycles. The molecule has 5 aromatic carbocycles. The summed E-state index contributed by atoms with van der Waals surface area (Å²) in [6.07, 6.45) is 0.